The fraction of sp³-hybridized carbons (Fsp3) is 0.0714. The molecule has 2 heterocycles. The number of hydrogen-bond acceptors (Lipinski definition) is 3. The van der Waals surface area contributed by atoms with E-state index in [2.05, 4.69) is 15.1 Å². The second-order valence-electron chi connectivity index (χ2n) is 4.32. The molecule has 2 aromatic heterocycles. The summed E-state index contributed by atoms with van der Waals surface area (Å²) in [6.07, 6.45) is 1.54. The van der Waals surface area contributed by atoms with Crippen LogP contribution in [0.25, 0.3) is 22.8 Å². The Morgan fingerprint density at radius 3 is 2.48 bits per heavy atom. The van der Waals surface area contributed by atoms with Crippen LogP contribution in [0, 0.1) is 11.6 Å². The first-order valence-electron chi connectivity index (χ1n) is 6.04. The highest BCUT2D eigenvalue weighted by Gasteiger charge is 2.19. The van der Waals surface area contributed by atoms with E-state index in [9.17, 15) is 8.78 Å². The minimum Gasteiger partial charge on any atom is -0.248 e. The van der Waals surface area contributed by atoms with Gasteiger partial charge in [-0.1, -0.05) is 17.7 Å². The number of aromatic nitrogens is 4. The number of hydrogen-bond donors (Lipinski definition) is 0. The van der Waals surface area contributed by atoms with Crippen LogP contribution in [0.1, 0.15) is 0 Å². The maximum atomic E-state index is 13.8. The second-order valence-corrected chi connectivity index (χ2v) is 4.68. The van der Waals surface area contributed by atoms with Crippen molar-refractivity contribution in [2.45, 2.75) is 0 Å². The molecule has 0 bridgehead atoms. The predicted octanol–water partition coefficient (Wildman–Crippen LogP) is 3.48. The standard InChI is InChI=1S/C14H9ClF2N4/c1-21-14(8-4-3-7-18-12(8)15)19-13(20-21)11-9(16)5-2-6-10(11)17/h2-7H,1H3. The molecule has 0 amide bonds. The van der Waals surface area contributed by atoms with Crippen molar-refractivity contribution in [2.24, 2.45) is 7.05 Å². The van der Waals surface area contributed by atoms with Gasteiger partial charge >= 0.3 is 0 Å². The third kappa shape index (κ3) is 2.38. The van der Waals surface area contributed by atoms with E-state index in [-0.39, 0.29) is 16.5 Å². The average Bonchev–Trinajstić information content (AvgIpc) is 2.81. The maximum Gasteiger partial charge on any atom is 0.187 e. The van der Waals surface area contributed by atoms with Crippen molar-refractivity contribution in [3.8, 4) is 22.8 Å². The zero-order valence-electron chi connectivity index (χ0n) is 10.9. The van der Waals surface area contributed by atoms with Gasteiger partial charge in [0.1, 0.15) is 16.8 Å². The van der Waals surface area contributed by atoms with Crippen molar-refractivity contribution in [1.82, 2.24) is 19.7 Å². The van der Waals surface area contributed by atoms with Gasteiger partial charge in [-0.3, -0.25) is 0 Å². The van der Waals surface area contributed by atoms with Gasteiger partial charge in [-0.25, -0.2) is 23.4 Å². The number of aryl methyl sites for hydroxylation is 1. The third-order valence-electron chi connectivity index (χ3n) is 2.95. The molecule has 0 spiro atoms. The van der Waals surface area contributed by atoms with Crippen LogP contribution >= 0.6 is 11.6 Å². The Hall–Kier alpha value is -2.34. The molecule has 0 aliphatic rings. The Labute approximate surface area is 124 Å². The quantitative estimate of drug-likeness (QED) is 0.681. The number of nitrogens with zero attached hydrogens (tertiary/aromatic N) is 4. The van der Waals surface area contributed by atoms with Crippen LogP contribution in [0.3, 0.4) is 0 Å². The van der Waals surface area contributed by atoms with Crippen LogP contribution in [0.4, 0.5) is 8.78 Å². The van der Waals surface area contributed by atoms with Gasteiger partial charge in [0.15, 0.2) is 11.6 Å². The molecule has 0 atom stereocenters. The molecule has 0 unspecified atom stereocenters. The van der Waals surface area contributed by atoms with Crippen LogP contribution in [0.15, 0.2) is 36.5 Å². The lowest BCUT2D eigenvalue weighted by atomic mass is 10.2. The first-order valence-corrected chi connectivity index (χ1v) is 6.42. The van der Waals surface area contributed by atoms with E-state index in [0.29, 0.717) is 11.4 Å². The van der Waals surface area contributed by atoms with E-state index < -0.39 is 11.6 Å². The highest BCUT2D eigenvalue weighted by Crippen LogP contribution is 2.28. The largest absolute Gasteiger partial charge is 0.248 e. The van der Waals surface area contributed by atoms with Crippen molar-refractivity contribution in [2.75, 3.05) is 0 Å². The molecule has 3 rings (SSSR count). The van der Waals surface area contributed by atoms with Crippen molar-refractivity contribution in [1.29, 1.82) is 0 Å². The molecule has 0 fully saturated rings. The van der Waals surface area contributed by atoms with Crippen LogP contribution in [0.5, 0.6) is 0 Å². The van der Waals surface area contributed by atoms with Gasteiger partial charge in [0.25, 0.3) is 0 Å². The Morgan fingerprint density at radius 1 is 1.10 bits per heavy atom. The van der Waals surface area contributed by atoms with Gasteiger partial charge in [-0.05, 0) is 24.3 Å². The van der Waals surface area contributed by atoms with Gasteiger partial charge in [0, 0.05) is 13.2 Å². The second kappa shape index (κ2) is 5.21. The minimum atomic E-state index is -0.718. The normalized spacial score (nSPS) is 10.9. The van der Waals surface area contributed by atoms with Crippen LogP contribution in [-0.4, -0.2) is 19.7 Å². The molecule has 3 aromatic rings. The van der Waals surface area contributed by atoms with Crippen molar-refractivity contribution in [3.63, 3.8) is 0 Å². The highest BCUT2D eigenvalue weighted by molar-refractivity contribution is 6.31. The van der Waals surface area contributed by atoms with Crippen LogP contribution < -0.4 is 0 Å². The number of benzene rings is 1. The molecular weight excluding hydrogens is 298 g/mol. The lowest BCUT2D eigenvalue weighted by Crippen LogP contribution is -1.96. The lowest BCUT2D eigenvalue weighted by molar-refractivity contribution is 0.587. The van der Waals surface area contributed by atoms with Crippen molar-refractivity contribution < 1.29 is 8.78 Å². The zero-order chi connectivity index (χ0) is 15.0. The fourth-order valence-corrected chi connectivity index (χ4v) is 2.19. The summed E-state index contributed by atoms with van der Waals surface area (Å²) in [6, 6.07) is 7.01. The summed E-state index contributed by atoms with van der Waals surface area (Å²) in [4.78, 5) is 8.13. The molecule has 0 aliphatic carbocycles. The molecule has 0 saturated heterocycles. The number of rotatable bonds is 2. The highest BCUT2D eigenvalue weighted by atomic mass is 35.5. The summed E-state index contributed by atoms with van der Waals surface area (Å²) in [7, 11) is 1.62. The van der Waals surface area contributed by atoms with E-state index in [1.807, 2.05) is 0 Å². The van der Waals surface area contributed by atoms with Gasteiger partial charge in [0.2, 0.25) is 0 Å². The van der Waals surface area contributed by atoms with E-state index >= 15 is 0 Å². The first kappa shape index (κ1) is 13.6. The molecule has 0 aliphatic heterocycles. The molecular formula is C14H9ClF2N4. The summed E-state index contributed by atoms with van der Waals surface area (Å²) >= 11 is 6.01. The molecule has 0 N–H and O–H groups in total. The Morgan fingerprint density at radius 2 is 1.81 bits per heavy atom. The summed E-state index contributed by atoms with van der Waals surface area (Å²) in [5, 5.41) is 4.30. The van der Waals surface area contributed by atoms with E-state index in [0.717, 1.165) is 12.1 Å². The first-order chi connectivity index (χ1) is 10.1. The molecule has 0 radical (unpaired) electrons. The Bertz CT molecular complexity index is 796. The van der Waals surface area contributed by atoms with Gasteiger partial charge in [-0.15, -0.1) is 0 Å². The summed E-state index contributed by atoms with van der Waals surface area (Å²) in [6.45, 7) is 0. The fourth-order valence-electron chi connectivity index (χ4n) is 1.99. The van der Waals surface area contributed by atoms with E-state index in [1.54, 1.807) is 25.4 Å². The van der Waals surface area contributed by atoms with E-state index in [4.69, 9.17) is 11.6 Å². The van der Waals surface area contributed by atoms with Crippen molar-refractivity contribution in [3.05, 3.63) is 53.3 Å². The Balaban J connectivity index is 2.17. The lowest BCUT2D eigenvalue weighted by Gasteiger charge is -2.00. The molecule has 1 aromatic carbocycles. The number of halogens is 3. The topological polar surface area (TPSA) is 43.6 Å². The SMILES string of the molecule is Cn1nc(-c2c(F)cccc2F)nc1-c1cccnc1Cl. The van der Waals surface area contributed by atoms with Gasteiger partial charge in [-0.2, -0.15) is 5.10 Å². The number of pyridine rings is 1. The molecule has 7 heteroatoms. The summed E-state index contributed by atoms with van der Waals surface area (Å²) < 4.78 is 29.0. The minimum absolute atomic E-state index is 0.0389. The average molecular weight is 307 g/mol. The monoisotopic (exact) mass is 306 g/mol. The van der Waals surface area contributed by atoms with E-state index in [1.165, 1.54) is 10.7 Å². The molecule has 106 valence electrons. The third-order valence-corrected chi connectivity index (χ3v) is 3.25. The molecule has 21 heavy (non-hydrogen) atoms. The molecule has 4 nitrogen and oxygen atoms in total. The zero-order valence-corrected chi connectivity index (χ0v) is 11.6. The maximum absolute atomic E-state index is 13.8. The Kier molecular flexibility index (Phi) is 3.39. The molecule has 0 saturated carbocycles. The van der Waals surface area contributed by atoms with Gasteiger partial charge < -0.3 is 0 Å². The van der Waals surface area contributed by atoms with Crippen LogP contribution in [0.2, 0.25) is 5.15 Å². The predicted molar refractivity (Wildman–Crippen MR) is 74.6 cm³/mol. The van der Waals surface area contributed by atoms with Crippen LogP contribution in [-0.2, 0) is 7.05 Å². The summed E-state index contributed by atoms with van der Waals surface area (Å²) in [5.41, 5.74) is 0.275. The van der Waals surface area contributed by atoms with Gasteiger partial charge in [0.05, 0.1) is 11.1 Å². The smallest absolute Gasteiger partial charge is 0.187 e. The van der Waals surface area contributed by atoms with Crippen molar-refractivity contribution >= 4 is 11.6 Å². The summed E-state index contributed by atoms with van der Waals surface area (Å²) in [5.74, 6) is -1.09.